The molecule has 1 aliphatic rings. The van der Waals surface area contributed by atoms with Gasteiger partial charge >= 0.3 is 11.9 Å². The fraction of sp³-hybridized carbons (Fsp3) is 0.959. The molecule has 0 aromatic rings. The second kappa shape index (κ2) is 40.2. The predicted octanol–water partition coefficient (Wildman–Crippen LogP) is 12.2. The van der Waals surface area contributed by atoms with Crippen molar-refractivity contribution in [1.29, 1.82) is 0 Å². The van der Waals surface area contributed by atoms with Crippen molar-refractivity contribution in [2.24, 2.45) is 5.92 Å². The zero-order valence-electron chi connectivity index (χ0n) is 38.4. The Morgan fingerprint density at radius 1 is 0.614 bits per heavy atom. The van der Waals surface area contributed by atoms with Crippen molar-refractivity contribution in [3.8, 4) is 0 Å². The molecule has 1 saturated carbocycles. The Balaban J connectivity index is 2.61. The monoisotopic (exact) mass is 809 g/mol. The molecule has 0 aliphatic heterocycles. The van der Waals surface area contributed by atoms with Gasteiger partial charge in [0.2, 0.25) is 0 Å². The Bertz CT molecular complexity index is 884. The average Bonchev–Trinajstić information content (AvgIpc) is 3.21. The fourth-order valence-electron chi connectivity index (χ4n) is 8.62. The molecule has 8 heteroatoms. The number of carbonyl (C=O) groups is 2. The zero-order valence-corrected chi connectivity index (χ0v) is 38.4. The highest BCUT2D eigenvalue weighted by molar-refractivity contribution is 5.69. The van der Waals surface area contributed by atoms with Gasteiger partial charge in [-0.25, -0.2) is 0 Å². The van der Waals surface area contributed by atoms with E-state index in [2.05, 4.69) is 30.6 Å². The van der Waals surface area contributed by atoms with Gasteiger partial charge in [0, 0.05) is 52.2 Å². The fourth-order valence-corrected chi connectivity index (χ4v) is 8.62. The molecule has 0 spiro atoms. The number of hydrogen-bond acceptors (Lipinski definition) is 8. The van der Waals surface area contributed by atoms with Crippen LogP contribution in [0.15, 0.2) is 0 Å². The molecule has 0 aromatic heterocycles. The van der Waals surface area contributed by atoms with Gasteiger partial charge in [-0.15, -0.1) is 0 Å². The lowest BCUT2D eigenvalue weighted by Crippen LogP contribution is -2.46. The molecule has 1 aliphatic carbocycles. The molecular weight excluding hydrogens is 713 g/mol. The van der Waals surface area contributed by atoms with E-state index in [4.69, 9.17) is 14.2 Å². The molecule has 1 rings (SSSR count). The third kappa shape index (κ3) is 33.2. The number of ether oxygens (including phenoxy) is 3. The van der Waals surface area contributed by atoms with Crippen molar-refractivity contribution in [3.63, 3.8) is 0 Å². The van der Waals surface area contributed by atoms with E-state index >= 15 is 0 Å². The number of nitrogens with zero attached hydrogens (tertiary/aromatic N) is 2. The first-order valence-corrected chi connectivity index (χ1v) is 24.9. The van der Waals surface area contributed by atoms with Gasteiger partial charge in [-0.2, -0.15) is 0 Å². The number of rotatable bonds is 42. The molecule has 0 amide bonds. The summed E-state index contributed by atoms with van der Waals surface area (Å²) in [5, 5.41) is 9.90. The molecule has 0 saturated heterocycles. The van der Waals surface area contributed by atoms with Crippen molar-refractivity contribution in [2.75, 3.05) is 59.2 Å². The highest BCUT2D eigenvalue weighted by Gasteiger charge is 2.23. The molecule has 1 fully saturated rings. The smallest absolute Gasteiger partial charge is 0.305 e. The maximum Gasteiger partial charge on any atom is 0.305 e. The lowest BCUT2D eigenvalue weighted by Gasteiger charge is -2.36. The molecule has 2 atom stereocenters. The van der Waals surface area contributed by atoms with Crippen LogP contribution >= 0.6 is 0 Å². The van der Waals surface area contributed by atoms with Crippen LogP contribution in [0.4, 0.5) is 0 Å². The van der Waals surface area contributed by atoms with Crippen LogP contribution in [0, 0.1) is 5.92 Å². The second-order valence-electron chi connectivity index (χ2n) is 17.6. The third-order valence-corrected chi connectivity index (χ3v) is 12.2. The van der Waals surface area contributed by atoms with Crippen LogP contribution in [-0.2, 0) is 23.8 Å². The topological polar surface area (TPSA) is 88.5 Å². The summed E-state index contributed by atoms with van der Waals surface area (Å²) in [4.78, 5) is 29.9. The first kappa shape index (κ1) is 53.8. The normalized spacial score (nSPS) is 14.7. The number of esters is 2. The summed E-state index contributed by atoms with van der Waals surface area (Å²) in [6.07, 6.45) is 37.4. The minimum atomic E-state index is -0.312. The van der Waals surface area contributed by atoms with Gasteiger partial charge in [-0.1, -0.05) is 168 Å². The van der Waals surface area contributed by atoms with Crippen LogP contribution in [0.1, 0.15) is 227 Å². The molecule has 0 bridgehead atoms. The summed E-state index contributed by atoms with van der Waals surface area (Å²) < 4.78 is 17.8. The molecule has 57 heavy (non-hydrogen) atoms. The van der Waals surface area contributed by atoms with Gasteiger partial charge in [-0.05, 0) is 57.4 Å². The largest absolute Gasteiger partial charge is 0.465 e. The van der Waals surface area contributed by atoms with Crippen LogP contribution < -0.4 is 0 Å². The second-order valence-corrected chi connectivity index (χ2v) is 17.6. The Labute approximate surface area is 353 Å². The van der Waals surface area contributed by atoms with Crippen molar-refractivity contribution in [1.82, 2.24) is 9.80 Å². The summed E-state index contributed by atoms with van der Waals surface area (Å²) >= 11 is 0. The van der Waals surface area contributed by atoms with E-state index in [0.29, 0.717) is 51.3 Å². The molecule has 338 valence electrons. The van der Waals surface area contributed by atoms with E-state index < -0.39 is 0 Å². The third-order valence-electron chi connectivity index (χ3n) is 12.2. The minimum Gasteiger partial charge on any atom is -0.465 e. The molecule has 0 radical (unpaired) electrons. The molecule has 2 unspecified atom stereocenters. The van der Waals surface area contributed by atoms with Gasteiger partial charge in [-0.3, -0.25) is 19.4 Å². The summed E-state index contributed by atoms with van der Waals surface area (Å²) in [5.41, 5.74) is 0. The summed E-state index contributed by atoms with van der Waals surface area (Å²) in [7, 11) is 0. The highest BCUT2D eigenvalue weighted by atomic mass is 16.6. The first-order valence-electron chi connectivity index (χ1n) is 24.9. The Morgan fingerprint density at radius 2 is 1.16 bits per heavy atom. The van der Waals surface area contributed by atoms with Crippen LogP contribution in [0.3, 0.4) is 0 Å². The molecule has 8 nitrogen and oxygen atoms in total. The number of carbonyl (C=O) groups excluding carboxylic acids is 2. The molecule has 0 aromatic carbocycles. The van der Waals surface area contributed by atoms with Crippen molar-refractivity contribution < 1.29 is 28.9 Å². The number of hydrogen-bond donors (Lipinski definition) is 1. The van der Waals surface area contributed by atoms with E-state index in [1.807, 2.05) is 0 Å². The van der Waals surface area contributed by atoms with Crippen molar-refractivity contribution in [2.45, 2.75) is 239 Å². The summed E-state index contributed by atoms with van der Waals surface area (Å²) in [5.74, 6) is 0.184. The van der Waals surface area contributed by atoms with Gasteiger partial charge in [0.1, 0.15) is 6.10 Å². The van der Waals surface area contributed by atoms with E-state index in [9.17, 15) is 14.7 Å². The van der Waals surface area contributed by atoms with E-state index in [-0.39, 0.29) is 24.6 Å². The number of aliphatic hydroxyl groups excluding tert-OH is 1. The molecule has 0 heterocycles. The van der Waals surface area contributed by atoms with Crippen LogP contribution in [0.5, 0.6) is 0 Å². The lowest BCUT2D eigenvalue weighted by molar-refractivity contribution is -0.150. The standard InChI is InChI=1S/C49H96N2O6/c1-5-8-11-14-16-17-18-19-21-30-41-55-44-48(57-45(4)53)42-50(37-38-51(39-40-52)47-33-26-22-27-34-47)36-29-23-28-35-49(54)56-43-46(31-24-13-10-7-3)32-25-20-15-12-9-6-2/h46-48,52H,5-44H2,1-4H3. The summed E-state index contributed by atoms with van der Waals surface area (Å²) in [6.45, 7) is 14.1. The van der Waals surface area contributed by atoms with Crippen molar-refractivity contribution in [3.05, 3.63) is 0 Å². The zero-order chi connectivity index (χ0) is 41.4. The quantitative estimate of drug-likeness (QED) is 0.0482. The number of unbranched alkanes of at least 4 members (excludes halogenated alkanes) is 19. The highest BCUT2D eigenvalue weighted by Crippen LogP contribution is 2.23. The van der Waals surface area contributed by atoms with E-state index in [0.717, 1.165) is 45.3 Å². The van der Waals surface area contributed by atoms with E-state index in [1.165, 1.54) is 174 Å². The average molecular weight is 809 g/mol. The molecule has 1 N–H and O–H groups in total. The lowest BCUT2D eigenvalue weighted by atomic mass is 9.94. The Hall–Kier alpha value is -1.22. The van der Waals surface area contributed by atoms with Crippen LogP contribution in [-0.4, -0.2) is 98.1 Å². The van der Waals surface area contributed by atoms with Gasteiger partial charge in [0.15, 0.2) is 0 Å². The Morgan fingerprint density at radius 3 is 1.74 bits per heavy atom. The first-order chi connectivity index (χ1) is 27.9. The maximum atomic E-state index is 12.8. The SMILES string of the molecule is CCCCCCCCCCCCOCC(CN(CCCCCC(=O)OCC(CCCCCC)CCCCCCCC)CCN(CCO)C1CCCCC1)OC(C)=O. The van der Waals surface area contributed by atoms with Gasteiger partial charge in [0.05, 0.1) is 19.8 Å². The maximum absolute atomic E-state index is 12.8. The van der Waals surface area contributed by atoms with Crippen LogP contribution in [0.25, 0.3) is 0 Å². The van der Waals surface area contributed by atoms with Gasteiger partial charge in [0.25, 0.3) is 0 Å². The number of aliphatic hydroxyl groups is 1. The Kier molecular flexibility index (Phi) is 37.9. The van der Waals surface area contributed by atoms with E-state index in [1.54, 1.807) is 0 Å². The predicted molar refractivity (Wildman–Crippen MR) is 240 cm³/mol. The van der Waals surface area contributed by atoms with Gasteiger partial charge < -0.3 is 19.3 Å². The van der Waals surface area contributed by atoms with Crippen molar-refractivity contribution >= 4 is 11.9 Å². The molecular formula is C49H96N2O6. The summed E-state index contributed by atoms with van der Waals surface area (Å²) in [6, 6.07) is 0.536. The minimum absolute atomic E-state index is 0.0463. The van der Waals surface area contributed by atoms with Crippen LogP contribution in [0.2, 0.25) is 0 Å².